The van der Waals surface area contributed by atoms with Gasteiger partial charge in [0.25, 0.3) is 0 Å². The molecule has 11 heteroatoms. The number of halogens is 6. The first-order chi connectivity index (χ1) is 14.6. The fraction of sp³-hybridized carbons (Fsp3) is 0.600. The number of carbonyl (C=O) groups is 2. The summed E-state index contributed by atoms with van der Waals surface area (Å²) in [4.78, 5) is 26.7. The summed E-state index contributed by atoms with van der Waals surface area (Å²) in [5, 5.41) is 4.54. The molecule has 3 amide bonds. The van der Waals surface area contributed by atoms with Crippen LogP contribution in [0.5, 0.6) is 0 Å². The van der Waals surface area contributed by atoms with Crippen LogP contribution in [0, 0.1) is 29.4 Å². The SMILES string of the molecule is O=C1NCCN(C(=O)N[C@H](c2ccc(F)c(Cl)c2F)[C@H]2C[C@H](C(F)(F)F)C2)[C@@H]1C1CC1. The average molecular weight is 466 g/mol. The van der Waals surface area contributed by atoms with E-state index in [1.807, 2.05) is 0 Å². The Bertz CT molecular complexity index is 886. The van der Waals surface area contributed by atoms with Crippen molar-refractivity contribution in [3.63, 3.8) is 0 Å². The van der Waals surface area contributed by atoms with Crippen molar-refractivity contribution in [3.8, 4) is 0 Å². The number of hydrogen-bond donors (Lipinski definition) is 2. The zero-order chi connectivity index (χ0) is 22.5. The molecule has 2 aliphatic carbocycles. The minimum absolute atomic E-state index is 0.0276. The van der Waals surface area contributed by atoms with Crippen LogP contribution < -0.4 is 10.6 Å². The van der Waals surface area contributed by atoms with Crippen LogP contribution in [0.1, 0.15) is 37.3 Å². The van der Waals surface area contributed by atoms with Gasteiger partial charge >= 0.3 is 12.2 Å². The summed E-state index contributed by atoms with van der Waals surface area (Å²) in [5.74, 6) is -4.62. The fourth-order valence-electron chi connectivity index (χ4n) is 4.44. The Labute approximate surface area is 180 Å². The number of nitrogens with zero attached hydrogens (tertiary/aromatic N) is 1. The molecule has 0 aromatic heterocycles. The van der Waals surface area contributed by atoms with Gasteiger partial charge in [-0.05, 0) is 43.6 Å². The highest BCUT2D eigenvalue weighted by Crippen LogP contribution is 2.50. The third-order valence-electron chi connectivity index (χ3n) is 6.37. The number of amides is 3. The van der Waals surface area contributed by atoms with Gasteiger partial charge in [-0.25, -0.2) is 13.6 Å². The molecule has 31 heavy (non-hydrogen) atoms. The van der Waals surface area contributed by atoms with Crippen LogP contribution in [0.3, 0.4) is 0 Å². The summed E-state index contributed by atoms with van der Waals surface area (Å²) >= 11 is 5.67. The summed E-state index contributed by atoms with van der Waals surface area (Å²) in [6.45, 7) is 0.477. The number of rotatable bonds is 4. The molecule has 1 aromatic rings. The molecule has 1 aromatic carbocycles. The molecule has 2 atom stereocenters. The highest BCUT2D eigenvalue weighted by molar-refractivity contribution is 6.31. The summed E-state index contributed by atoms with van der Waals surface area (Å²) < 4.78 is 67.3. The van der Waals surface area contributed by atoms with Crippen LogP contribution in [-0.2, 0) is 4.79 Å². The van der Waals surface area contributed by atoms with Crippen molar-refractivity contribution in [1.82, 2.24) is 15.5 Å². The fourth-order valence-corrected chi connectivity index (χ4v) is 4.61. The number of alkyl halides is 3. The second-order valence-electron chi connectivity index (χ2n) is 8.43. The normalized spacial score (nSPS) is 27.4. The largest absolute Gasteiger partial charge is 0.391 e. The number of hydrogen-bond acceptors (Lipinski definition) is 2. The van der Waals surface area contributed by atoms with Crippen LogP contribution in [0.2, 0.25) is 5.02 Å². The minimum atomic E-state index is -4.38. The molecule has 1 saturated heterocycles. The van der Waals surface area contributed by atoms with Gasteiger partial charge in [-0.2, -0.15) is 13.2 Å². The second kappa shape index (κ2) is 8.11. The molecule has 2 saturated carbocycles. The molecule has 1 heterocycles. The topological polar surface area (TPSA) is 61.4 Å². The Kier molecular flexibility index (Phi) is 5.78. The van der Waals surface area contributed by atoms with Gasteiger partial charge < -0.3 is 15.5 Å². The van der Waals surface area contributed by atoms with Gasteiger partial charge in [-0.3, -0.25) is 4.79 Å². The van der Waals surface area contributed by atoms with Crippen molar-refractivity contribution >= 4 is 23.5 Å². The van der Waals surface area contributed by atoms with E-state index in [0.29, 0.717) is 0 Å². The average Bonchev–Trinajstić information content (AvgIpc) is 3.48. The van der Waals surface area contributed by atoms with E-state index in [1.165, 1.54) is 4.90 Å². The van der Waals surface area contributed by atoms with Gasteiger partial charge in [0, 0.05) is 18.7 Å². The van der Waals surface area contributed by atoms with E-state index < -0.39 is 52.8 Å². The predicted octanol–water partition coefficient (Wildman–Crippen LogP) is 4.17. The quantitative estimate of drug-likeness (QED) is 0.518. The lowest BCUT2D eigenvalue weighted by molar-refractivity contribution is -0.206. The van der Waals surface area contributed by atoms with Gasteiger partial charge in [0.2, 0.25) is 5.91 Å². The van der Waals surface area contributed by atoms with Gasteiger partial charge in [0.1, 0.15) is 22.7 Å². The van der Waals surface area contributed by atoms with E-state index in [2.05, 4.69) is 10.6 Å². The molecule has 3 fully saturated rings. The van der Waals surface area contributed by atoms with E-state index in [4.69, 9.17) is 11.6 Å². The lowest BCUT2D eigenvalue weighted by Gasteiger charge is -2.43. The first kappa shape index (κ1) is 22.1. The highest BCUT2D eigenvalue weighted by atomic mass is 35.5. The molecule has 0 spiro atoms. The molecule has 5 nitrogen and oxygen atoms in total. The first-order valence-electron chi connectivity index (χ1n) is 10.1. The zero-order valence-electron chi connectivity index (χ0n) is 16.3. The van der Waals surface area contributed by atoms with Gasteiger partial charge in [0.05, 0.1) is 12.0 Å². The molecule has 0 bridgehead atoms. The summed E-state index contributed by atoms with van der Waals surface area (Å²) in [7, 11) is 0. The van der Waals surface area contributed by atoms with Crippen LogP contribution in [-0.4, -0.2) is 42.1 Å². The molecular weight excluding hydrogens is 445 g/mol. The highest BCUT2D eigenvalue weighted by Gasteiger charge is 2.51. The molecule has 170 valence electrons. The number of benzene rings is 1. The van der Waals surface area contributed by atoms with E-state index in [1.54, 1.807) is 0 Å². The lowest BCUT2D eigenvalue weighted by atomic mass is 9.69. The molecule has 2 N–H and O–H groups in total. The Hall–Kier alpha value is -2.10. The van der Waals surface area contributed by atoms with Crippen LogP contribution in [0.25, 0.3) is 0 Å². The Balaban J connectivity index is 1.58. The van der Waals surface area contributed by atoms with E-state index in [0.717, 1.165) is 25.0 Å². The third-order valence-corrected chi connectivity index (χ3v) is 6.72. The Morgan fingerprint density at radius 1 is 1.23 bits per heavy atom. The first-order valence-corrected chi connectivity index (χ1v) is 10.5. The van der Waals surface area contributed by atoms with Gasteiger partial charge in [-0.15, -0.1) is 0 Å². The lowest BCUT2D eigenvalue weighted by Crippen LogP contribution is -2.61. The number of urea groups is 1. The minimum Gasteiger partial charge on any atom is -0.353 e. The van der Waals surface area contributed by atoms with Crippen LogP contribution in [0.4, 0.5) is 26.7 Å². The van der Waals surface area contributed by atoms with Crippen molar-refractivity contribution in [2.45, 2.75) is 43.9 Å². The van der Waals surface area contributed by atoms with Crippen molar-refractivity contribution in [2.24, 2.45) is 17.8 Å². The molecule has 0 unspecified atom stereocenters. The Morgan fingerprint density at radius 2 is 1.90 bits per heavy atom. The zero-order valence-corrected chi connectivity index (χ0v) is 17.1. The van der Waals surface area contributed by atoms with Gasteiger partial charge in [0.15, 0.2) is 0 Å². The number of nitrogens with one attached hydrogen (secondary N) is 2. The molecule has 0 radical (unpaired) electrons. The molecule has 3 aliphatic rings. The third kappa shape index (κ3) is 4.31. The van der Waals surface area contributed by atoms with Crippen LogP contribution >= 0.6 is 11.6 Å². The summed E-state index contributed by atoms with van der Waals surface area (Å²) in [6, 6.07) is -0.452. The number of piperazine rings is 1. The maximum absolute atomic E-state index is 14.7. The van der Waals surface area contributed by atoms with Crippen LogP contribution in [0.15, 0.2) is 12.1 Å². The number of carbonyl (C=O) groups excluding carboxylic acids is 2. The summed E-state index contributed by atoms with van der Waals surface area (Å²) in [5.41, 5.74) is -0.171. The summed E-state index contributed by atoms with van der Waals surface area (Å²) in [6.07, 6.45) is -3.39. The van der Waals surface area contributed by atoms with E-state index in [9.17, 15) is 31.5 Å². The standard InChI is InChI=1S/C20H21ClF5N3O2/c21-14-13(22)4-3-12(15(14)23)16(10-7-11(8-10)20(24,25)26)28-19(31)29-6-5-27-18(30)17(29)9-1-2-9/h3-4,9-11,16-17H,1-2,5-8H2,(H,27,30)(H,28,31)/t10-,11-,16-,17+/m0/s1. The molecule has 4 rings (SSSR count). The van der Waals surface area contributed by atoms with Crippen molar-refractivity contribution in [1.29, 1.82) is 0 Å². The van der Waals surface area contributed by atoms with E-state index >= 15 is 0 Å². The monoisotopic (exact) mass is 465 g/mol. The van der Waals surface area contributed by atoms with Crippen molar-refractivity contribution in [3.05, 3.63) is 34.4 Å². The van der Waals surface area contributed by atoms with Crippen molar-refractivity contribution < 1.29 is 31.5 Å². The Morgan fingerprint density at radius 3 is 2.52 bits per heavy atom. The smallest absolute Gasteiger partial charge is 0.353 e. The molecular formula is C20H21ClF5N3O2. The maximum atomic E-state index is 14.7. The van der Waals surface area contributed by atoms with E-state index in [-0.39, 0.29) is 43.3 Å². The van der Waals surface area contributed by atoms with Crippen molar-refractivity contribution in [2.75, 3.05) is 13.1 Å². The predicted molar refractivity (Wildman–Crippen MR) is 101 cm³/mol. The van der Waals surface area contributed by atoms with Gasteiger partial charge in [-0.1, -0.05) is 17.7 Å². The molecule has 1 aliphatic heterocycles. The second-order valence-corrected chi connectivity index (χ2v) is 8.81. The maximum Gasteiger partial charge on any atom is 0.391 e.